The Morgan fingerprint density at radius 3 is 2.53 bits per heavy atom. The summed E-state index contributed by atoms with van der Waals surface area (Å²) in [6, 6.07) is 0.798. The summed E-state index contributed by atoms with van der Waals surface area (Å²) in [5.74, 6) is 0. The number of likely N-dealkylation sites (tertiary alicyclic amines) is 2. The second-order valence-electron chi connectivity index (χ2n) is 4.98. The summed E-state index contributed by atoms with van der Waals surface area (Å²) in [6.45, 7) is 7.13. The van der Waals surface area contributed by atoms with Gasteiger partial charge in [-0.05, 0) is 45.3 Å². The van der Waals surface area contributed by atoms with E-state index >= 15 is 0 Å². The zero-order chi connectivity index (χ0) is 10.5. The molecule has 0 radical (unpaired) electrons. The van der Waals surface area contributed by atoms with Crippen LogP contribution in [0.25, 0.3) is 0 Å². The van der Waals surface area contributed by atoms with Gasteiger partial charge in [0.25, 0.3) is 0 Å². The normalized spacial score (nSPS) is 29.8. The van der Waals surface area contributed by atoms with Gasteiger partial charge in [0.1, 0.15) is 0 Å². The van der Waals surface area contributed by atoms with Crippen LogP contribution in [0.1, 0.15) is 32.1 Å². The molecule has 15 heavy (non-hydrogen) atoms. The molecular weight excluding hydrogens is 186 g/mol. The van der Waals surface area contributed by atoms with Gasteiger partial charge in [0.15, 0.2) is 0 Å². The maximum absolute atomic E-state index is 5.65. The molecule has 0 spiro atoms. The van der Waals surface area contributed by atoms with E-state index in [-0.39, 0.29) is 0 Å². The van der Waals surface area contributed by atoms with Gasteiger partial charge in [-0.3, -0.25) is 4.90 Å². The Labute approximate surface area is 93.6 Å². The van der Waals surface area contributed by atoms with Gasteiger partial charge in [-0.1, -0.05) is 6.42 Å². The van der Waals surface area contributed by atoms with E-state index in [0.717, 1.165) is 19.1 Å². The van der Waals surface area contributed by atoms with Crippen molar-refractivity contribution in [2.75, 3.05) is 39.3 Å². The number of nitrogens with zero attached hydrogens (tertiary/aromatic N) is 2. The van der Waals surface area contributed by atoms with Crippen LogP contribution < -0.4 is 5.73 Å². The summed E-state index contributed by atoms with van der Waals surface area (Å²) in [4.78, 5) is 5.25. The van der Waals surface area contributed by atoms with Gasteiger partial charge >= 0.3 is 0 Å². The minimum Gasteiger partial charge on any atom is -0.329 e. The lowest BCUT2D eigenvalue weighted by molar-refractivity contribution is 0.155. The van der Waals surface area contributed by atoms with Crippen molar-refractivity contribution >= 4 is 0 Å². The van der Waals surface area contributed by atoms with Crippen molar-refractivity contribution in [1.82, 2.24) is 9.80 Å². The Bertz CT molecular complexity index is 178. The number of rotatable bonds is 4. The molecular formula is C12H25N3. The van der Waals surface area contributed by atoms with Crippen LogP contribution in [0.5, 0.6) is 0 Å². The summed E-state index contributed by atoms with van der Waals surface area (Å²) in [5, 5.41) is 0. The second-order valence-corrected chi connectivity index (χ2v) is 4.98. The van der Waals surface area contributed by atoms with Crippen LogP contribution in [-0.4, -0.2) is 55.1 Å². The predicted molar refractivity (Wildman–Crippen MR) is 63.9 cm³/mol. The highest BCUT2D eigenvalue weighted by atomic mass is 15.2. The van der Waals surface area contributed by atoms with Crippen LogP contribution in [-0.2, 0) is 0 Å². The first-order valence-corrected chi connectivity index (χ1v) is 6.56. The zero-order valence-corrected chi connectivity index (χ0v) is 9.83. The molecule has 0 aromatic carbocycles. The average molecular weight is 211 g/mol. The van der Waals surface area contributed by atoms with Gasteiger partial charge < -0.3 is 10.6 Å². The van der Waals surface area contributed by atoms with Crippen LogP contribution in [0.4, 0.5) is 0 Å². The molecule has 0 saturated carbocycles. The fraction of sp³-hybridized carbons (Fsp3) is 1.00. The topological polar surface area (TPSA) is 32.5 Å². The molecule has 0 aromatic heterocycles. The molecule has 3 nitrogen and oxygen atoms in total. The Morgan fingerprint density at radius 2 is 1.80 bits per heavy atom. The lowest BCUT2D eigenvalue weighted by Gasteiger charge is -2.32. The van der Waals surface area contributed by atoms with Gasteiger partial charge in [-0.25, -0.2) is 0 Å². The Hall–Kier alpha value is -0.120. The molecule has 0 amide bonds. The maximum Gasteiger partial charge on any atom is 0.0224 e. The summed E-state index contributed by atoms with van der Waals surface area (Å²) in [7, 11) is 0. The van der Waals surface area contributed by atoms with E-state index in [9.17, 15) is 0 Å². The lowest BCUT2D eigenvalue weighted by Crippen LogP contribution is -2.43. The quantitative estimate of drug-likeness (QED) is 0.750. The van der Waals surface area contributed by atoms with Crippen LogP contribution in [0.2, 0.25) is 0 Å². The first-order chi connectivity index (χ1) is 7.40. The average Bonchev–Trinajstić information content (AvgIpc) is 2.68. The molecule has 2 saturated heterocycles. The predicted octanol–water partition coefficient (Wildman–Crippen LogP) is 0.895. The first-order valence-electron chi connectivity index (χ1n) is 6.56. The van der Waals surface area contributed by atoms with Crippen molar-refractivity contribution < 1.29 is 0 Å². The molecule has 0 aliphatic carbocycles. The Morgan fingerprint density at radius 1 is 1.00 bits per heavy atom. The fourth-order valence-electron chi connectivity index (χ4n) is 3.00. The monoisotopic (exact) mass is 211 g/mol. The van der Waals surface area contributed by atoms with Crippen molar-refractivity contribution in [2.45, 2.75) is 38.1 Å². The minimum atomic E-state index is 0.798. The van der Waals surface area contributed by atoms with Crippen molar-refractivity contribution in [1.29, 1.82) is 0 Å². The molecule has 2 aliphatic rings. The van der Waals surface area contributed by atoms with Crippen molar-refractivity contribution in [3.05, 3.63) is 0 Å². The minimum absolute atomic E-state index is 0.798. The molecule has 1 atom stereocenters. The molecule has 1 unspecified atom stereocenters. The lowest BCUT2D eigenvalue weighted by atomic mass is 10.1. The van der Waals surface area contributed by atoms with Gasteiger partial charge in [0, 0.05) is 25.7 Å². The van der Waals surface area contributed by atoms with E-state index in [1.54, 1.807) is 0 Å². The van der Waals surface area contributed by atoms with Crippen molar-refractivity contribution in [3.63, 3.8) is 0 Å². The fourth-order valence-corrected chi connectivity index (χ4v) is 3.00. The summed E-state index contributed by atoms with van der Waals surface area (Å²) in [6.07, 6.45) is 7.01. The molecule has 88 valence electrons. The number of piperidine rings is 1. The van der Waals surface area contributed by atoms with Crippen LogP contribution in [0, 0.1) is 0 Å². The molecule has 2 rings (SSSR count). The van der Waals surface area contributed by atoms with E-state index < -0.39 is 0 Å². The number of hydrogen-bond donors (Lipinski definition) is 1. The zero-order valence-electron chi connectivity index (χ0n) is 9.83. The largest absolute Gasteiger partial charge is 0.329 e. The third kappa shape index (κ3) is 3.16. The highest BCUT2D eigenvalue weighted by Gasteiger charge is 2.25. The highest BCUT2D eigenvalue weighted by Crippen LogP contribution is 2.19. The van der Waals surface area contributed by atoms with E-state index in [0.29, 0.717) is 0 Å². The standard InChI is InChI=1S/C12H25N3/c13-6-10-15-9-4-5-12(15)11-14-7-2-1-3-8-14/h12H,1-11,13H2. The maximum atomic E-state index is 5.65. The van der Waals surface area contributed by atoms with Crippen LogP contribution in [0.15, 0.2) is 0 Å². The van der Waals surface area contributed by atoms with E-state index in [4.69, 9.17) is 5.73 Å². The highest BCUT2D eigenvalue weighted by molar-refractivity contribution is 4.82. The van der Waals surface area contributed by atoms with Gasteiger partial charge in [-0.15, -0.1) is 0 Å². The summed E-state index contributed by atoms with van der Waals surface area (Å²) in [5.41, 5.74) is 5.65. The van der Waals surface area contributed by atoms with Crippen molar-refractivity contribution in [2.24, 2.45) is 5.73 Å². The molecule has 0 bridgehead atoms. The SMILES string of the molecule is NCCN1CCCC1CN1CCCCC1. The first kappa shape index (κ1) is 11.4. The molecule has 2 N–H and O–H groups in total. The smallest absolute Gasteiger partial charge is 0.0224 e. The molecule has 2 aliphatic heterocycles. The second kappa shape index (κ2) is 5.83. The van der Waals surface area contributed by atoms with Gasteiger partial charge in [0.05, 0.1) is 0 Å². The Kier molecular flexibility index (Phi) is 4.42. The van der Waals surface area contributed by atoms with Crippen LogP contribution >= 0.6 is 0 Å². The van der Waals surface area contributed by atoms with Gasteiger partial charge in [0.2, 0.25) is 0 Å². The summed E-state index contributed by atoms with van der Waals surface area (Å²) < 4.78 is 0. The molecule has 2 fully saturated rings. The Balaban J connectivity index is 1.76. The summed E-state index contributed by atoms with van der Waals surface area (Å²) >= 11 is 0. The molecule has 2 heterocycles. The number of nitrogens with two attached hydrogens (primary N) is 1. The molecule has 0 aromatic rings. The van der Waals surface area contributed by atoms with Gasteiger partial charge in [-0.2, -0.15) is 0 Å². The van der Waals surface area contributed by atoms with E-state index in [1.165, 1.54) is 58.3 Å². The van der Waals surface area contributed by atoms with E-state index in [2.05, 4.69) is 9.80 Å². The third-order valence-corrected chi connectivity index (χ3v) is 3.83. The van der Waals surface area contributed by atoms with Crippen LogP contribution in [0.3, 0.4) is 0 Å². The number of hydrogen-bond acceptors (Lipinski definition) is 3. The third-order valence-electron chi connectivity index (χ3n) is 3.83. The molecule has 3 heteroatoms. The van der Waals surface area contributed by atoms with E-state index in [1.807, 2.05) is 0 Å². The van der Waals surface area contributed by atoms with Crippen molar-refractivity contribution in [3.8, 4) is 0 Å².